The zero-order chi connectivity index (χ0) is 12.2. The molecule has 0 spiro atoms. The van der Waals surface area contributed by atoms with Crippen LogP contribution in [0.3, 0.4) is 0 Å². The molecule has 0 amide bonds. The van der Waals surface area contributed by atoms with Crippen molar-refractivity contribution in [3.8, 4) is 0 Å². The predicted octanol–water partition coefficient (Wildman–Crippen LogP) is 2.39. The smallest absolute Gasteiger partial charge is 0.330 e. The lowest BCUT2D eigenvalue weighted by Gasteiger charge is -2.33. The van der Waals surface area contributed by atoms with Crippen LogP contribution in [0.5, 0.6) is 0 Å². The van der Waals surface area contributed by atoms with E-state index in [1.54, 1.807) is 4.90 Å². The van der Waals surface area contributed by atoms with Crippen molar-refractivity contribution in [2.24, 2.45) is 11.7 Å². The maximum absolute atomic E-state index is 12.4. The molecular weight excluding hydrogens is 217 g/mol. The van der Waals surface area contributed by atoms with Crippen molar-refractivity contribution in [3.63, 3.8) is 0 Å². The summed E-state index contributed by atoms with van der Waals surface area (Å²) in [6.07, 6.45) is -0.511. The standard InChI is InChI=1S/C11H21F3N2/c1-2-6-16(8-11(12,13)14)10-5-3-4-9(10)7-15/h9-10H,2-8,15H2,1H3. The minimum atomic E-state index is -4.10. The van der Waals surface area contributed by atoms with E-state index in [9.17, 15) is 13.2 Å². The summed E-state index contributed by atoms with van der Waals surface area (Å²) in [5.41, 5.74) is 5.61. The fraction of sp³-hybridized carbons (Fsp3) is 1.00. The summed E-state index contributed by atoms with van der Waals surface area (Å²) in [4.78, 5) is 1.57. The molecular formula is C11H21F3N2. The number of hydrogen-bond donors (Lipinski definition) is 1. The summed E-state index contributed by atoms with van der Waals surface area (Å²) in [6.45, 7) is 2.14. The van der Waals surface area contributed by atoms with E-state index in [-0.39, 0.29) is 12.0 Å². The molecule has 0 aliphatic heterocycles. The highest BCUT2D eigenvalue weighted by atomic mass is 19.4. The molecule has 2 N–H and O–H groups in total. The first-order valence-corrected chi connectivity index (χ1v) is 5.98. The first kappa shape index (κ1) is 13.8. The molecule has 5 heteroatoms. The maximum atomic E-state index is 12.4. The van der Waals surface area contributed by atoms with E-state index in [4.69, 9.17) is 5.73 Å². The van der Waals surface area contributed by atoms with Crippen LogP contribution in [0, 0.1) is 5.92 Å². The maximum Gasteiger partial charge on any atom is 0.401 e. The van der Waals surface area contributed by atoms with Gasteiger partial charge in [0.25, 0.3) is 0 Å². The zero-order valence-corrected chi connectivity index (χ0v) is 9.76. The van der Waals surface area contributed by atoms with Gasteiger partial charge in [0.05, 0.1) is 6.54 Å². The molecule has 1 saturated carbocycles. The summed E-state index contributed by atoms with van der Waals surface area (Å²) >= 11 is 0. The summed E-state index contributed by atoms with van der Waals surface area (Å²) in [5, 5.41) is 0. The lowest BCUT2D eigenvalue weighted by atomic mass is 10.0. The van der Waals surface area contributed by atoms with Crippen LogP contribution in [0.4, 0.5) is 13.2 Å². The van der Waals surface area contributed by atoms with Gasteiger partial charge in [-0.1, -0.05) is 13.3 Å². The van der Waals surface area contributed by atoms with Crippen molar-refractivity contribution in [2.75, 3.05) is 19.6 Å². The molecule has 0 saturated heterocycles. The Morgan fingerprint density at radius 3 is 2.50 bits per heavy atom. The number of nitrogens with two attached hydrogens (primary N) is 1. The second-order valence-electron chi connectivity index (χ2n) is 4.58. The highest BCUT2D eigenvalue weighted by Gasteiger charge is 2.37. The molecule has 2 atom stereocenters. The first-order chi connectivity index (χ1) is 7.48. The highest BCUT2D eigenvalue weighted by Crippen LogP contribution is 2.31. The van der Waals surface area contributed by atoms with E-state index >= 15 is 0 Å². The average molecular weight is 238 g/mol. The first-order valence-electron chi connectivity index (χ1n) is 5.98. The number of halogens is 3. The van der Waals surface area contributed by atoms with Crippen molar-refractivity contribution < 1.29 is 13.2 Å². The van der Waals surface area contributed by atoms with Crippen LogP contribution in [0.1, 0.15) is 32.6 Å². The Morgan fingerprint density at radius 2 is 2.00 bits per heavy atom. The van der Waals surface area contributed by atoms with Crippen LogP contribution in [-0.4, -0.2) is 36.8 Å². The number of alkyl halides is 3. The van der Waals surface area contributed by atoms with E-state index in [2.05, 4.69) is 0 Å². The van der Waals surface area contributed by atoms with Gasteiger partial charge in [0, 0.05) is 6.04 Å². The third-order valence-electron chi connectivity index (χ3n) is 3.28. The second-order valence-corrected chi connectivity index (χ2v) is 4.58. The Labute approximate surface area is 95.0 Å². The molecule has 2 unspecified atom stereocenters. The average Bonchev–Trinajstić information content (AvgIpc) is 2.62. The van der Waals surface area contributed by atoms with Crippen molar-refractivity contribution in [3.05, 3.63) is 0 Å². The quantitative estimate of drug-likeness (QED) is 0.797. The summed E-state index contributed by atoms with van der Waals surface area (Å²) in [5.74, 6) is 0.244. The Morgan fingerprint density at radius 1 is 1.31 bits per heavy atom. The van der Waals surface area contributed by atoms with E-state index in [1.165, 1.54) is 0 Å². The summed E-state index contributed by atoms with van der Waals surface area (Å²) in [7, 11) is 0. The molecule has 16 heavy (non-hydrogen) atoms. The molecule has 1 rings (SSSR count). The lowest BCUT2D eigenvalue weighted by molar-refractivity contribution is -0.152. The van der Waals surface area contributed by atoms with E-state index in [0.29, 0.717) is 13.1 Å². The Kier molecular flexibility index (Phi) is 5.05. The molecule has 0 radical (unpaired) electrons. The second kappa shape index (κ2) is 5.87. The predicted molar refractivity (Wildman–Crippen MR) is 58.1 cm³/mol. The van der Waals surface area contributed by atoms with E-state index in [0.717, 1.165) is 25.7 Å². The van der Waals surface area contributed by atoms with Crippen LogP contribution in [0.2, 0.25) is 0 Å². The molecule has 0 heterocycles. The van der Waals surface area contributed by atoms with Crippen LogP contribution in [0.25, 0.3) is 0 Å². The van der Waals surface area contributed by atoms with Crippen LogP contribution >= 0.6 is 0 Å². The molecule has 0 bridgehead atoms. The Bertz CT molecular complexity index is 206. The molecule has 0 aromatic carbocycles. The van der Waals surface area contributed by atoms with Gasteiger partial charge in [-0.3, -0.25) is 4.90 Å². The van der Waals surface area contributed by atoms with Gasteiger partial charge in [-0.25, -0.2) is 0 Å². The van der Waals surface area contributed by atoms with Gasteiger partial charge in [0.15, 0.2) is 0 Å². The Balaban J connectivity index is 2.61. The van der Waals surface area contributed by atoms with Crippen LogP contribution in [0.15, 0.2) is 0 Å². The van der Waals surface area contributed by atoms with E-state index < -0.39 is 12.7 Å². The Hall–Kier alpha value is -0.290. The third kappa shape index (κ3) is 3.94. The molecule has 2 nitrogen and oxygen atoms in total. The third-order valence-corrected chi connectivity index (χ3v) is 3.28. The monoisotopic (exact) mass is 238 g/mol. The highest BCUT2D eigenvalue weighted by molar-refractivity contribution is 4.86. The minimum Gasteiger partial charge on any atom is -0.330 e. The fourth-order valence-electron chi connectivity index (χ4n) is 2.65. The SMILES string of the molecule is CCCN(CC(F)(F)F)C1CCCC1CN. The zero-order valence-electron chi connectivity index (χ0n) is 9.76. The molecule has 1 fully saturated rings. The lowest BCUT2D eigenvalue weighted by Crippen LogP contribution is -2.45. The summed E-state index contributed by atoms with van der Waals surface area (Å²) in [6, 6.07) is 0.0339. The number of nitrogens with zero attached hydrogens (tertiary/aromatic N) is 1. The summed E-state index contributed by atoms with van der Waals surface area (Å²) < 4.78 is 37.3. The van der Waals surface area contributed by atoms with Crippen molar-refractivity contribution in [1.82, 2.24) is 4.90 Å². The molecule has 0 aromatic heterocycles. The number of rotatable bonds is 5. The van der Waals surface area contributed by atoms with Gasteiger partial charge in [0.1, 0.15) is 0 Å². The molecule has 1 aliphatic rings. The topological polar surface area (TPSA) is 29.3 Å². The van der Waals surface area contributed by atoms with Crippen molar-refractivity contribution in [2.45, 2.75) is 44.8 Å². The van der Waals surface area contributed by atoms with E-state index in [1.807, 2.05) is 6.92 Å². The van der Waals surface area contributed by atoms with Gasteiger partial charge >= 0.3 is 6.18 Å². The van der Waals surface area contributed by atoms with Gasteiger partial charge in [-0.2, -0.15) is 13.2 Å². The minimum absolute atomic E-state index is 0.0339. The molecule has 0 aromatic rings. The van der Waals surface area contributed by atoms with Gasteiger partial charge in [-0.15, -0.1) is 0 Å². The van der Waals surface area contributed by atoms with Crippen LogP contribution < -0.4 is 5.73 Å². The van der Waals surface area contributed by atoms with Gasteiger partial charge in [-0.05, 0) is 38.3 Å². The van der Waals surface area contributed by atoms with Gasteiger partial charge in [0.2, 0.25) is 0 Å². The fourth-order valence-corrected chi connectivity index (χ4v) is 2.65. The normalized spacial score (nSPS) is 26.6. The van der Waals surface area contributed by atoms with Crippen molar-refractivity contribution in [1.29, 1.82) is 0 Å². The van der Waals surface area contributed by atoms with Crippen LogP contribution in [-0.2, 0) is 0 Å². The largest absolute Gasteiger partial charge is 0.401 e. The number of hydrogen-bond acceptors (Lipinski definition) is 2. The van der Waals surface area contributed by atoms with Gasteiger partial charge < -0.3 is 5.73 Å². The molecule has 1 aliphatic carbocycles. The van der Waals surface area contributed by atoms with Crippen molar-refractivity contribution >= 4 is 0 Å². The molecule has 96 valence electrons.